The Morgan fingerprint density at radius 3 is 2.58 bits per heavy atom. The van der Waals surface area contributed by atoms with Gasteiger partial charge in [-0.2, -0.15) is 4.31 Å². The number of hydrogen-bond donors (Lipinski definition) is 1. The van der Waals surface area contributed by atoms with Gasteiger partial charge in [0, 0.05) is 24.7 Å². The van der Waals surface area contributed by atoms with Gasteiger partial charge >= 0.3 is 0 Å². The predicted octanol–water partition coefficient (Wildman–Crippen LogP) is 2.35. The highest BCUT2D eigenvalue weighted by Gasteiger charge is 2.38. The second-order valence-corrected chi connectivity index (χ2v) is 7.55. The molecule has 0 aliphatic heterocycles. The Labute approximate surface area is 123 Å². The van der Waals surface area contributed by atoms with Gasteiger partial charge in [0.2, 0.25) is 10.0 Å². The molecule has 2 N–H and O–H groups in total. The van der Waals surface area contributed by atoms with Gasteiger partial charge in [0.15, 0.2) is 0 Å². The number of hydrogen-bond acceptors (Lipinski definition) is 3. The van der Waals surface area contributed by atoms with Crippen molar-refractivity contribution >= 4 is 33.2 Å². The first-order chi connectivity index (χ1) is 8.87. The maximum atomic E-state index is 12.6. The van der Waals surface area contributed by atoms with E-state index in [-0.39, 0.29) is 16.0 Å². The van der Waals surface area contributed by atoms with Crippen LogP contribution in [-0.4, -0.2) is 32.4 Å². The number of rotatable bonds is 5. The third-order valence-corrected chi connectivity index (χ3v) is 6.02. The van der Waals surface area contributed by atoms with E-state index in [1.54, 1.807) is 13.1 Å². The predicted molar refractivity (Wildman–Crippen MR) is 77.0 cm³/mol. The number of sulfonamides is 1. The molecule has 0 aromatic heterocycles. The summed E-state index contributed by atoms with van der Waals surface area (Å²) in [6.07, 6.45) is 2.04. The molecule has 0 heterocycles. The minimum atomic E-state index is -3.67. The number of likely N-dealkylation sites (N-methyl/N-ethyl adjacent to an activating group) is 1. The van der Waals surface area contributed by atoms with Crippen molar-refractivity contribution in [1.29, 1.82) is 0 Å². The van der Waals surface area contributed by atoms with Crippen molar-refractivity contribution in [2.75, 3.05) is 13.6 Å². The van der Waals surface area contributed by atoms with Crippen molar-refractivity contribution in [3.05, 3.63) is 28.2 Å². The SMILES string of the molecule is CN(C(CN)C1CC1)S(=O)(=O)c1cc(Cl)ccc1Cl. The minimum absolute atomic E-state index is 0.0308. The Hall–Kier alpha value is -0.330. The van der Waals surface area contributed by atoms with Crippen LogP contribution in [0.5, 0.6) is 0 Å². The largest absolute Gasteiger partial charge is 0.329 e. The third kappa shape index (κ3) is 3.06. The van der Waals surface area contributed by atoms with Crippen molar-refractivity contribution in [3.8, 4) is 0 Å². The van der Waals surface area contributed by atoms with Crippen molar-refractivity contribution in [1.82, 2.24) is 4.31 Å². The van der Waals surface area contributed by atoms with Crippen LogP contribution in [0.2, 0.25) is 10.0 Å². The Balaban J connectivity index is 2.38. The highest BCUT2D eigenvalue weighted by molar-refractivity contribution is 7.89. The average molecular weight is 323 g/mol. The molecule has 1 aromatic rings. The van der Waals surface area contributed by atoms with E-state index in [9.17, 15) is 8.42 Å². The monoisotopic (exact) mass is 322 g/mol. The quantitative estimate of drug-likeness (QED) is 0.905. The van der Waals surface area contributed by atoms with Crippen LogP contribution >= 0.6 is 23.2 Å². The zero-order valence-electron chi connectivity index (χ0n) is 10.5. The summed E-state index contributed by atoms with van der Waals surface area (Å²) in [5.74, 6) is 0.350. The Bertz CT molecular complexity index is 573. The first-order valence-electron chi connectivity index (χ1n) is 6.01. The molecule has 0 bridgehead atoms. The number of benzene rings is 1. The van der Waals surface area contributed by atoms with E-state index in [4.69, 9.17) is 28.9 Å². The van der Waals surface area contributed by atoms with Gasteiger partial charge in [-0.25, -0.2) is 8.42 Å². The first kappa shape index (κ1) is 15.1. The van der Waals surface area contributed by atoms with E-state index in [0.29, 0.717) is 17.5 Å². The molecule has 0 amide bonds. The maximum Gasteiger partial charge on any atom is 0.244 e. The maximum absolute atomic E-state index is 12.6. The molecule has 0 saturated heterocycles. The molecule has 1 aliphatic rings. The minimum Gasteiger partial charge on any atom is -0.329 e. The van der Waals surface area contributed by atoms with E-state index >= 15 is 0 Å². The lowest BCUT2D eigenvalue weighted by molar-refractivity contribution is 0.340. The fraction of sp³-hybridized carbons (Fsp3) is 0.500. The van der Waals surface area contributed by atoms with Gasteiger partial charge in [0.25, 0.3) is 0 Å². The molecule has 1 unspecified atom stereocenters. The van der Waals surface area contributed by atoms with Gasteiger partial charge in [0.05, 0.1) is 5.02 Å². The van der Waals surface area contributed by atoms with Gasteiger partial charge in [-0.05, 0) is 37.0 Å². The summed E-state index contributed by atoms with van der Waals surface area (Å²) in [4.78, 5) is 0.0308. The van der Waals surface area contributed by atoms with Crippen LogP contribution < -0.4 is 5.73 Å². The van der Waals surface area contributed by atoms with Gasteiger partial charge in [-0.1, -0.05) is 23.2 Å². The molecule has 4 nitrogen and oxygen atoms in total. The standard InChI is InChI=1S/C12H16Cl2N2O2S/c1-16(11(7-15)8-2-3-8)19(17,18)12-6-9(13)4-5-10(12)14/h4-6,8,11H,2-3,7,15H2,1H3. The highest BCUT2D eigenvalue weighted by atomic mass is 35.5. The second-order valence-electron chi connectivity index (χ2n) is 4.74. The Morgan fingerprint density at radius 2 is 2.05 bits per heavy atom. The molecule has 0 spiro atoms. The summed E-state index contributed by atoms with van der Waals surface area (Å²) in [5, 5.41) is 0.509. The van der Waals surface area contributed by atoms with Gasteiger partial charge in [-0.15, -0.1) is 0 Å². The molecule has 7 heteroatoms. The van der Waals surface area contributed by atoms with Crippen LogP contribution in [0.25, 0.3) is 0 Å². The summed E-state index contributed by atoms with van der Waals surface area (Å²) >= 11 is 11.8. The normalized spacial score (nSPS) is 17.7. The van der Waals surface area contributed by atoms with Crippen molar-refractivity contribution < 1.29 is 8.42 Å². The number of nitrogens with zero attached hydrogens (tertiary/aromatic N) is 1. The van der Waals surface area contributed by atoms with E-state index in [1.165, 1.54) is 16.4 Å². The molecule has 2 rings (SSSR count). The summed E-state index contributed by atoms with van der Waals surface area (Å²) < 4.78 is 26.5. The van der Waals surface area contributed by atoms with E-state index in [0.717, 1.165) is 12.8 Å². The van der Waals surface area contributed by atoms with Crippen molar-refractivity contribution in [3.63, 3.8) is 0 Å². The molecular weight excluding hydrogens is 307 g/mol. The highest BCUT2D eigenvalue weighted by Crippen LogP contribution is 2.37. The van der Waals surface area contributed by atoms with Crippen LogP contribution in [-0.2, 0) is 10.0 Å². The third-order valence-electron chi connectivity index (χ3n) is 3.42. The van der Waals surface area contributed by atoms with Crippen LogP contribution in [0.15, 0.2) is 23.1 Å². The Morgan fingerprint density at radius 1 is 1.42 bits per heavy atom. The lowest BCUT2D eigenvalue weighted by Crippen LogP contribution is -2.43. The summed E-state index contributed by atoms with van der Waals surface area (Å²) in [6.45, 7) is 0.304. The molecule has 19 heavy (non-hydrogen) atoms. The van der Waals surface area contributed by atoms with E-state index < -0.39 is 10.0 Å². The molecular formula is C12H16Cl2N2O2S. The fourth-order valence-electron chi connectivity index (χ4n) is 2.13. The molecule has 1 aliphatic carbocycles. The van der Waals surface area contributed by atoms with Gasteiger partial charge in [0.1, 0.15) is 4.90 Å². The van der Waals surface area contributed by atoms with Gasteiger partial charge in [-0.3, -0.25) is 0 Å². The molecule has 1 atom stereocenters. The topological polar surface area (TPSA) is 63.4 Å². The van der Waals surface area contributed by atoms with Crippen LogP contribution in [0.3, 0.4) is 0 Å². The molecule has 1 fully saturated rings. The number of halogens is 2. The van der Waals surface area contributed by atoms with Gasteiger partial charge < -0.3 is 5.73 Å². The molecule has 0 radical (unpaired) electrons. The summed E-state index contributed by atoms with van der Waals surface area (Å²) in [7, 11) is -2.13. The van der Waals surface area contributed by atoms with Crippen molar-refractivity contribution in [2.45, 2.75) is 23.8 Å². The smallest absolute Gasteiger partial charge is 0.244 e. The second kappa shape index (κ2) is 5.58. The van der Waals surface area contributed by atoms with Crippen LogP contribution in [0.1, 0.15) is 12.8 Å². The van der Waals surface area contributed by atoms with E-state index in [2.05, 4.69) is 0 Å². The lowest BCUT2D eigenvalue weighted by atomic mass is 10.2. The molecule has 1 aromatic carbocycles. The van der Waals surface area contributed by atoms with E-state index in [1.807, 2.05) is 0 Å². The first-order valence-corrected chi connectivity index (χ1v) is 8.20. The van der Waals surface area contributed by atoms with Crippen LogP contribution in [0.4, 0.5) is 0 Å². The fourth-order valence-corrected chi connectivity index (χ4v) is 4.29. The molecule has 106 valence electrons. The number of nitrogens with two attached hydrogens (primary N) is 1. The summed E-state index contributed by atoms with van der Waals surface area (Å²) in [5.41, 5.74) is 5.69. The zero-order chi connectivity index (χ0) is 14.2. The van der Waals surface area contributed by atoms with Crippen LogP contribution in [0, 0.1) is 5.92 Å². The Kier molecular flexibility index (Phi) is 4.42. The van der Waals surface area contributed by atoms with Crippen molar-refractivity contribution in [2.24, 2.45) is 11.7 Å². The lowest BCUT2D eigenvalue weighted by Gasteiger charge is -2.26. The zero-order valence-corrected chi connectivity index (χ0v) is 12.8. The average Bonchev–Trinajstić information content (AvgIpc) is 3.17. The molecule has 1 saturated carbocycles. The summed E-state index contributed by atoms with van der Waals surface area (Å²) in [6, 6.07) is 4.24.